The van der Waals surface area contributed by atoms with E-state index in [-0.39, 0.29) is 10.7 Å². The van der Waals surface area contributed by atoms with E-state index in [0.717, 1.165) is 18.6 Å². The van der Waals surface area contributed by atoms with Crippen LogP contribution in [0.15, 0.2) is 12.3 Å². The predicted molar refractivity (Wildman–Crippen MR) is 57.3 cm³/mol. The maximum atomic E-state index is 11.9. The van der Waals surface area contributed by atoms with E-state index in [0.29, 0.717) is 5.82 Å². The molecule has 0 radical (unpaired) electrons. The van der Waals surface area contributed by atoms with Crippen LogP contribution in [0.3, 0.4) is 0 Å². The number of aromatic nitrogens is 2. The minimum Gasteiger partial charge on any atom is -0.310 e. The molecule has 14 heavy (non-hydrogen) atoms. The number of H-pyrrole nitrogens is 1. The predicted octanol–water partition coefficient (Wildman–Crippen LogP) is 1.63. The van der Waals surface area contributed by atoms with E-state index in [1.54, 1.807) is 24.0 Å². The fraction of sp³-hybridized carbons (Fsp3) is 0.556. The lowest BCUT2D eigenvalue weighted by Crippen LogP contribution is -2.34. The van der Waals surface area contributed by atoms with E-state index in [1.165, 1.54) is 0 Å². The third-order valence-corrected chi connectivity index (χ3v) is 3.97. The minimum atomic E-state index is -0.259. The second kappa shape index (κ2) is 3.65. The number of aromatic amines is 1. The molecule has 1 unspecified atom stereocenters. The van der Waals surface area contributed by atoms with Crippen molar-refractivity contribution >= 4 is 23.5 Å². The zero-order valence-corrected chi connectivity index (χ0v) is 8.86. The highest BCUT2D eigenvalue weighted by molar-refractivity contribution is 8.01. The third kappa shape index (κ3) is 1.77. The molecule has 0 aliphatic carbocycles. The van der Waals surface area contributed by atoms with E-state index in [2.05, 4.69) is 15.5 Å². The van der Waals surface area contributed by atoms with Gasteiger partial charge in [0.25, 0.3) is 0 Å². The molecule has 2 N–H and O–H groups in total. The Bertz CT molecular complexity index is 317. The number of rotatable bonds is 2. The number of nitrogens with zero attached hydrogens (tertiary/aromatic N) is 1. The van der Waals surface area contributed by atoms with E-state index >= 15 is 0 Å². The lowest BCUT2D eigenvalue weighted by atomic mass is 10.1. The van der Waals surface area contributed by atoms with Crippen molar-refractivity contribution in [3.8, 4) is 0 Å². The first-order chi connectivity index (χ1) is 6.71. The SMILES string of the molecule is CC1(C(=O)Nc2ccn[nH]2)CCCS1. The Morgan fingerprint density at radius 3 is 3.21 bits per heavy atom. The van der Waals surface area contributed by atoms with Crippen molar-refractivity contribution in [3.63, 3.8) is 0 Å². The summed E-state index contributed by atoms with van der Waals surface area (Å²) in [5, 5.41) is 9.32. The fourth-order valence-electron chi connectivity index (χ4n) is 1.54. The van der Waals surface area contributed by atoms with Crippen LogP contribution in [0.2, 0.25) is 0 Å². The number of nitrogens with one attached hydrogen (secondary N) is 2. The maximum absolute atomic E-state index is 11.9. The topological polar surface area (TPSA) is 57.8 Å². The Morgan fingerprint density at radius 1 is 1.79 bits per heavy atom. The molecular formula is C9H13N3OS. The lowest BCUT2D eigenvalue weighted by Gasteiger charge is -2.20. The summed E-state index contributed by atoms with van der Waals surface area (Å²) in [7, 11) is 0. The molecule has 0 bridgehead atoms. The molecule has 2 rings (SSSR count). The smallest absolute Gasteiger partial charge is 0.241 e. The molecule has 0 aromatic carbocycles. The van der Waals surface area contributed by atoms with Gasteiger partial charge >= 0.3 is 0 Å². The quantitative estimate of drug-likeness (QED) is 0.781. The van der Waals surface area contributed by atoms with E-state index in [9.17, 15) is 4.79 Å². The van der Waals surface area contributed by atoms with Crippen molar-refractivity contribution in [3.05, 3.63) is 12.3 Å². The van der Waals surface area contributed by atoms with Crippen molar-refractivity contribution in [2.75, 3.05) is 11.1 Å². The average molecular weight is 211 g/mol. The Hall–Kier alpha value is -0.970. The number of hydrogen-bond acceptors (Lipinski definition) is 3. The normalized spacial score (nSPS) is 26.4. The summed E-state index contributed by atoms with van der Waals surface area (Å²) in [5.74, 6) is 1.82. The van der Waals surface area contributed by atoms with Gasteiger partial charge in [0.2, 0.25) is 5.91 Å². The van der Waals surface area contributed by atoms with Crippen LogP contribution in [-0.2, 0) is 4.79 Å². The molecule has 5 heteroatoms. The summed E-state index contributed by atoms with van der Waals surface area (Å²) >= 11 is 1.73. The van der Waals surface area contributed by atoms with Gasteiger partial charge in [-0.25, -0.2) is 0 Å². The van der Waals surface area contributed by atoms with Gasteiger partial charge in [-0.2, -0.15) is 5.10 Å². The molecule has 4 nitrogen and oxygen atoms in total. The van der Waals surface area contributed by atoms with Gasteiger partial charge in [0.1, 0.15) is 5.82 Å². The van der Waals surface area contributed by atoms with Crippen molar-refractivity contribution in [1.82, 2.24) is 10.2 Å². The molecule has 1 saturated heterocycles. The highest BCUT2D eigenvalue weighted by Gasteiger charge is 2.37. The Labute approximate surface area is 86.8 Å². The van der Waals surface area contributed by atoms with Gasteiger partial charge in [0, 0.05) is 6.07 Å². The van der Waals surface area contributed by atoms with Gasteiger partial charge in [-0.15, -0.1) is 11.8 Å². The van der Waals surface area contributed by atoms with Crippen LogP contribution in [0.25, 0.3) is 0 Å². The van der Waals surface area contributed by atoms with Gasteiger partial charge in [0.05, 0.1) is 10.9 Å². The van der Waals surface area contributed by atoms with E-state index in [1.807, 2.05) is 6.92 Å². The molecule has 1 amide bonds. The highest BCUT2D eigenvalue weighted by atomic mass is 32.2. The fourth-order valence-corrected chi connectivity index (χ4v) is 2.75. The first-order valence-corrected chi connectivity index (χ1v) is 5.64. The van der Waals surface area contributed by atoms with Crippen LogP contribution < -0.4 is 5.32 Å². The van der Waals surface area contributed by atoms with Gasteiger partial charge in [0.15, 0.2) is 0 Å². The van der Waals surface area contributed by atoms with E-state index in [4.69, 9.17) is 0 Å². The monoisotopic (exact) mass is 211 g/mol. The van der Waals surface area contributed by atoms with Crippen LogP contribution in [0.4, 0.5) is 5.82 Å². The summed E-state index contributed by atoms with van der Waals surface area (Å²) < 4.78 is -0.259. The number of anilines is 1. The zero-order chi connectivity index (χ0) is 10.0. The number of amides is 1. The summed E-state index contributed by atoms with van der Waals surface area (Å²) in [6.07, 6.45) is 3.70. The second-order valence-electron chi connectivity index (χ2n) is 3.61. The molecule has 0 saturated carbocycles. The highest BCUT2D eigenvalue weighted by Crippen LogP contribution is 2.38. The first kappa shape index (κ1) is 9.58. The molecule has 76 valence electrons. The third-order valence-electron chi connectivity index (χ3n) is 2.45. The summed E-state index contributed by atoms with van der Waals surface area (Å²) in [6.45, 7) is 2.00. The Kier molecular flexibility index (Phi) is 2.50. The van der Waals surface area contributed by atoms with Crippen LogP contribution in [-0.4, -0.2) is 26.6 Å². The van der Waals surface area contributed by atoms with E-state index < -0.39 is 0 Å². The van der Waals surface area contributed by atoms with Gasteiger partial charge in [-0.05, 0) is 25.5 Å². The summed E-state index contributed by atoms with van der Waals surface area (Å²) in [5.41, 5.74) is 0. The Balaban J connectivity index is 2.02. The van der Waals surface area contributed by atoms with Gasteiger partial charge < -0.3 is 5.32 Å². The minimum absolute atomic E-state index is 0.0734. The van der Waals surface area contributed by atoms with Crippen molar-refractivity contribution < 1.29 is 4.79 Å². The first-order valence-electron chi connectivity index (χ1n) is 4.65. The van der Waals surface area contributed by atoms with Crippen LogP contribution >= 0.6 is 11.8 Å². The maximum Gasteiger partial charge on any atom is 0.241 e. The molecule has 1 aliphatic rings. The average Bonchev–Trinajstić information content (AvgIpc) is 2.76. The molecule has 0 spiro atoms. The van der Waals surface area contributed by atoms with Crippen molar-refractivity contribution in [1.29, 1.82) is 0 Å². The molecular weight excluding hydrogens is 198 g/mol. The van der Waals surface area contributed by atoms with Crippen LogP contribution in [0.5, 0.6) is 0 Å². The van der Waals surface area contributed by atoms with Gasteiger partial charge in [-0.1, -0.05) is 0 Å². The van der Waals surface area contributed by atoms with Gasteiger partial charge in [-0.3, -0.25) is 9.89 Å². The molecule has 1 atom stereocenters. The summed E-state index contributed by atoms with van der Waals surface area (Å²) in [4.78, 5) is 11.9. The standard InChI is InChI=1S/C9H13N3OS/c1-9(4-2-6-14-9)8(13)11-7-3-5-10-12-7/h3,5H,2,4,6H2,1H3,(H2,10,11,12,13). The summed E-state index contributed by atoms with van der Waals surface area (Å²) in [6, 6.07) is 1.75. The zero-order valence-electron chi connectivity index (χ0n) is 8.04. The number of carbonyl (C=O) groups is 1. The number of carbonyl (C=O) groups excluding carboxylic acids is 1. The van der Waals surface area contributed by atoms with Crippen molar-refractivity contribution in [2.45, 2.75) is 24.5 Å². The molecule has 1 aromatic rings. The second-order valence-corrected chi connectivity index (χ2v) is 5.21. The molecule has 2 heterocycles. The Morgan fingerprint density at radius 2 is 2.64 bits per heavy atom. The largest absolute Gasteiger partial charge is 0.310 e. The number of thioether (sulfide) groups is 1. The van der Waals surface area contributed by atoms with Crippen molar-refractivity contribution in [2.24, 2.45) is 0 Å². The van der Waals surface area contributed by atoms with Crippen LogP contribution in [0.1, 0.15) is 19.8 Å². The molecule has 1 aromatic heterocycles. The number of hydrogen-bond donors (Lipinski definition) is 2. The lowest BCUT2D eigenvalue weighted by molar-refractivity contribution is -0.118. The molecule has 1 aliphatic heterocycles. The van der Waals surface area contributed by atoms with Crippen LogP contribution in [0, 0.1) is 0 Å². The molecule has 1 fully saturated rings.